The van der Waals surface area contributed by atoms with Crippen LogP contribution in [-0.4, -0.2) is 5.91 Å². The summed E-state index contributed by atoms with van der Waals surface area (Å²) in [7, 11) is 0. The first kappa shape index (κ1) is 21.7. The predicted molar refractivity (Wildman–Crippen MR) is 121 cm³/mol. The number of anilines is 1. The van der Waals surface area contributed by atoms with Gasteiger partial charge in [-0.05, 0) is 48.0 Å². The number of nitriles is 1. The number of hydrogen-bond donors (Lipinski definition) is 1. The van der Waals surface area contributed by atoms with Crippen molar-refractivity contribution in [2.45, 2.75) is 6.61 Å². The van der Waals surface area contributed by atoms with E-state index in [1.54, 1.807) is 36.4 Å². The molecule has 0 radical (unpaired) electrons. The normalized spacial score (nSPS) is 10.9. The standard InChI is InChI=1S/C23H15Cl3N2O2/c24-18-6-8-20(9-7-18)28-23(29)17(13-27)10-16-11-19(25)12-21(26)22(16)30-14-15-4-2-1-3-5-15/h1-12H,14H2,(H,28,29)/b17-10+. The van der Waals surface area contributed by atoms with E-state index >= 15 is 0 Å². The third-order valence-electron chi connectivity index (χ3n) is 4.03. The largest absolute Gasteiger partial charge is 0.487 e. The number of carbonyl (C=O) groups excluding carboxylic acids is 1. The van der Waals surface area contributed by atoms with Gasteiger partial charge in [-0.25, -0.2) is 0 Å². The maximum absolute atomic E-state index is 12.6. The van der Waals surface area contributed by atoms with Crippen molar-refractivity contribution < 1.29 is 9.53 Å². The predicted octanol–water partition coefficient (Wildman–Crippen LogP) is 6.77. The molecule has 0 atom stereocenters. The Morgan fingerprint density at radius 1 is 1.00 bits per heavy atom. The third-order valence-corrected chi connectivity index (χ3v) is 4.78. The molecule has 0 saturated heterocycles. The molecule has 0 aromatic heterocycles. The first-order chi connectivity index (χ1) is 14.5. The Balaban J connectivity index is 1.88. The highest BCUT2D eigenvalue weighted by Gasteiger charge is 2.15. The maximum atomic E-state index is 12.6. The van der Waals surface area contributed by atoms with Crippen LogP contribution in [0.25, 0.3) is 6.08 Å². The quantitative estimate of drug-likeness (QED) is 0.328. The smallest absolute Gasteiger partial charge is 0.266 e. The molecule has 3 aromatic carbocycles. The number of nitrogens with one attached hydrogen (secondary N) is 1. The van der Waals surface area contributed by atoms with E-state index in [-0.39, 0.29) is 17.2 Å². The van der Waals surface area contributed by atoms with Crippen LogP contribution in [0.5, 0.6) is 5.75 Å². The van der Waals surface area contributed by atoms with Crippen molar-refractivity contribution >= 4 is 52.5 Å². The molecule has 3 aromatic rings. The summed E-state index contributed by atoms with van der Waals surface area (Å²) >= 11 is 18.3. The van der Waals surface area contributed by atoms with Gasteiger partial charge in [-0.3, -0.25) is 4.79 Å². The second-order valence-electron chi connectivity index (χ2n) is 6.21. The van der Waals surface area contributed by atoms with E-state index in [2.05, 4.69) is 5.32 Å². The molecule has 1 N–H and O–H groups in total. The van der Waals surface area contributed by atoms with Crippen LogP contribution in [0, 0.1) is 11.3 Å². The lowest BCUT2D eigenvalue weighted by atomic mass is 10.1. The Hall–Kier alpha value is -2.97. The summed E-state index contributed by atoms with van der Waals surface area (Å²) in [5.41, 5.74) is 1.74. The van der Waals surface area contributed by atoms with E-state index in [1.165, 1.54) is 6.08 Å². The van der Waals surface area contributed by atoms with Gasteiger partial charge < -0.3 is 10.1 Å². The Kier molecular flexibility index (Phi) is 7.37. The molecule has 0 spiro atoms. The molecule has 0 bridgehead atoms. The molecule has 0 fully saturated rings. The number of halogens is 3. The lowest BCUT2D eigenvalue weighted by Gasteiger charge is -2.12. The minimum atomic E-state index is -0.579. The molecule has 30 heavy (non-hydrogen) atoms. The molecular formula is C23H15Cl3N2O2. The van der Waals surface area contributed by atoms with Gasteiger partial charge in [-0.2, -0.15) is 5.26 Å². The zero-order chi connectivity index (χ0) is 21.5. The first-order valence-electron chi connectivity index (χ1n) is 8.81. The number of amides is 1. The molecular weight excluding hydrogens is 443 g/mol. The zero-order valence-corrected chi connectivity index (χ0v) is 17.8. The summed E-state index contributed by atoms with van der Waals surface area (Å²) in [5.74, 6) is -0.248. The zero-order valence-electron chi connectivity index (χ0n) is 15.5. The van der Waals surface area contributed by atoms with E-state index in [4.69, 9.17) is 39.5 Å². The Morgan fingerprint density at radius 2 is 1.70 bits per heavy atom. The van der Waals surface area contributed by atoms with Crippen molar-refractivity contribution in [3.63, 3.8) is 0 Å². The molecule has 1 amide bonds. The minimum Gasteiger partial charge on any atom is -0.487 e. The van der Waals surface area contributed by atoms with Crippen LogP contribution in [0.3, 0.4) is 0 Å². The van der Waals surface area contributed by atoms with Gasteiger partial charge in [0.2, 0.25) is 0 Å². The van der Waals surface area contributed by atoms with Crippen LogP contribution in [0.4, 0.5) is 5.69 Å². The van der Waals surface area contributed by atoms with E-state index in [0.717, 1.165) is 5.56 Å². The summed E-state index contributed by atoms with van der Waals surface area (Å²) in [5, 5.41) is 13.3. The number of carbonyl (C=O) groups is 1. The van der Waals surface area contributed by atoms with Crippen molar-refractivity contribution in [2.24, 2.45) is 0 Å². The Morgan fingerprint density at radius 3 is 2.37 bits per heavy atom. The molecule has 3 rings (SSSR count). The highest BCUT2D eigenvalue weighted by Crippen LogP contribution is 2.34. The van der Waals surface area contributed by atoms with Crippen molar-refractivity contribution in [2.75, 3.05) is 5.32 Å². The second-order valence-corrected chi connectivity index (χ2v) is 7.49. The van der Waals surface area contributed by atoms with Crippen LogP contribution >= 0.6 is 34.8 Å². The molecule has 0 heterocycles. The van der Waals surface area contributed by atoms with E-state index < -0.39 is 5.91 Å². The summed E-state index contributed by atoms with van der Waals surface area (Å²) in [6.07, 6.45) is 1.39. The number of rotatable bonds is 6. The maximum Gasteiger partial charge on any atom is 0.266 e. The Bertz CT molecular complexity index is 1120. The number of ether oxygens (including phenoxy) is 1. The van der Waals surface area contributed by atoms with Gasteiger partial charge in [0.05, 0.1) is 5.02 Å². The van der Waals surface area contributed by atoms with Crippen molar-refractivity contribution in [1.29, 1.82) is 5.26 Å². The average molecular weight is 458 g/mol. The average Bonchev–Trinajstić information content (AvgIpc) is 2.73. The fraction of sp³-hybridized carbons (Fsp3) is 0.0435. The van der Waals surface area contributed by atoms with Gasteiger partial charge in [-0.15, -0.1) is 0 Å². The van der Waals surface area contributed by atoms with E-state index in [1.807, 2.05) is 36.4 Å². The molecule has 0 aliphatic carbocycles. The van der Waals surface area contributed by atoms with Gasteiger partial charge in [0.25, 0.3) is 5.91 Å². The fourth-order valence-electron chi connectivity index (χ4n) is 2.61. The summed E-state index contributed by atoms with van der Waals surface area (Å²) < 4.78 is 5.87. The Labute approximate surface area is 189 Å². The molecule has 0 saturated carbocycles. The van der Waals surface area contributed by atoms with Crippen molar-refractivity contribution in [1.82, 2.24) is 0 Å². The molecule has 0 aliphatic rings. The summed E-state index contributed by atoms with van der Waals surface area (Å²) in [6, 6.07) is 21.1. The SMILES string of the molecule is N#C/C(=C\c1cc(Cl)cc(Cl)c1OCc1ccccc1)C(=O)Nc1ccc(Cl)cc1. The lowest BCUT2D eigenvalue weighted by Crippen LogP contribution is -2.13. The third kappa shape index (κ3) is 5.77. The van der Waals surface area contributed by atoms with Gasteiger partial charge >= 0.3 is 0 Å². The van der Waals surface area contributed by atoms with Crippen LogP contribution in [0.2, 0.25) is 15.1 Å². The topological polar surface area (TPSA) is 62.1 Å². The van der Waals surface area contributed by atoms with Gasteiger partial charge in [0.1, 0.15) is 24.0 Å². The lowest BCUT2D eigenvalue weighted by molar-refractivity contribution is -0.112. The highest BCUT2D eigenvalue weighted by molar-refractivity contribution is 6.36. The molecule has 4 nitrogen and oxygen atoms in total. The van der Waals surface area contributed by atoms with Gasteiger partial charge in [0, 0.05) is 21.3 Å². The first-order valence-corrected chi connectivity index (χ1v) is 9.94. The number of nitrogens with zero attached hydrogens (tertiary/aromatic N) is 1. The van der Waals surface area contributed by atoms with Gasteiger partial charge in [-0.1, -0.05) is 65.1 Å². The van der Waals surface area contributed by atoms with Crippen LogP contribution in [0.1, 0.15) is 11.1 Å². The summed E-state index contributed by atoms with van der Waals surface area (Å²) in [6.45, 7) is 0.266. The van der Waals surface area contributed by atoms with Crippen LogP contribution in [0.15, 0.2) is 72.3 Å². The molecule has 0 unspecified atom stereocenters. The fourth-order valence-corrected chi connectivity index (χ4v) is 3.29. The number of benzene rings is 3. The monoisotopic (exact) mass is 456 g/mol. The molecule has 150 valence electrons. The minimum absolute atomic E-state index is 0.132. The van der Waals surface area contributed by atoms with Crippen molar-refractivity contribution in [3.8, 4) is 11.8 Å². The van der Waals surface area contributed by atoms with E-state index in [9.17, 15) is 10.1 Å². The molecule has 0 aliphatic heterocycles. The summed E-state index contributed by atoms with van der Waals surface area (Å²) in [4.78, 5) is 12.6. The van der Waals surface area contributed by atoms with Gasteiger partial charge in [0.15, 0.2) is 0 Å². The van der Waals surface area contributed by atoms with Crippen molar-refractivity contribution in [3.05, 3.63) is 98.5 Å². The molecule has 7 heteroatoms. The van der Waals surface area contributed by atoms with Crippen LogP contribution in [-0.2, 0) is 11.4 Å². The van der Waals surface area contributed by atoms with Crippen LogP contribution < -0.4 is 10.1 Å². The van der Waals surface area contributed by atoms with E-state index in [0.29, 0.717) is 27.0 Å². The number of hydrogen-bond acceptors (Lipinski definition) is 3. The second kappa shape index (κ2) is 10.2. The highest BCUT2D eigenvalue weighted by atomic mass is 35.5.